The van der Waals surface area contributed by atoms with E-state index in [0.29, 0.717) is 6.04 Å². The summed E-state index contributed by atoms with van der Waals surface area (Å²) in [6, 6.07) is 19.7. The Hall–Kier alpha value is -1.90. The van der Waals surface area contributed by atoms with E-state index in [0.717, 1.165) is 26.3 Å². The van der Waals surface area contributed by atoms with Gasteiger partial charge in [-0.1, -0.05) is 72.3 Å². The van der Waals surface area contributed by atoms with E-state index in [-0.39, 0.29) is 0 Å². The SMILES string of the molecule is Cc1ccc(/C=C/C(c2ccccc2)N2CCOCC2)cc1. The van der Waals surface area contributed by atoms with Crippen molar-refractivity contribution in [3.63, 3.8) is 0 Å². The molecule has 2 heteroatoms. The standard InChI is InChI=1S/C20H23NO/c1-17-7-9-18(10-8-17)11-12-20(19-5-3-2-4-6-19)21-13-15-22-16-14-21/h2-12,20H,13-16H2,1H3/b12-11+. The Morgan fingerprint density at radius 2 is 1.64 bits per heavy atom. The number of aryl methyl sites for hydroxylation is 1. The molecule has 22 heavy (non-hydrogen) atoms. The van der Waals surface area contributed by atoms with Crippen LogP contribution in [0.5, 0.6) is 0 Å². The summed E-state index contributed by atoms with van der Waals surface area (Å²) in [6.07, 6.45) is 4.54. The van der Waals surface area contributed by atoms with E-state index in [4.69, 9.17) is 4.74 Å². The maximum absolute atomic E-state index is 5.50. The molecule has 3 rings (SSSR count). The lowest BCUT2D eigenvalue weighted by molar-refractivity contribution is 0.0254. The third kappa shape index (κ3) is 3.85. The van der Waals surface area contributed by atoms with Crippen molar-refractivity contribution in [2.24, 2.45) is 0 Å². The van der Waals surface area contributed by atoms with Gasteiger partial charge in [0.2, 0.25) is 0 Å². The van der Waals surface area contributed by atoms with Crippen LogP contribution in [-0.2, 0) is 4.74 Å². The van der Waals surface area contributed by atoms with Gasteiger partial charge in [-0.3, -0.25) is 4.90 Å². The predicted octanol–water partition coefficient (Wildman–Crippen LogP) is 4.08. The van der Waals surface area contributed by atoms with Crippen LogP contribution >= 0.6 is 0 Å². The number of hydrogen-bond donors (Lipinski definition) is 0. The van der Waals surface area contributed by atoms with E-state index in [2.05, 4.69) is 78.6 Å². The van der Waals surface area contributed by atoms with Crippen LogP contribution in [0.4, 0.5) is 0 Å². The molecular formula is C20H23NO. The minimum atomic E-state index is 0.311. The topological polar surface area (TPSA) is 12.5 Å². The summed E-state index contributed by atoms with van der Waals surface area (Å²) in [7, 11) is 0. The van der Waals surface area contributed by atoms with Gasteiger partial charge < -0.3 is 4.74 Å². The summed E-state index contributed by atoms with van der Waals surface area (Å²) in [5, 5.41) is 0. The van der Waals surface area contributed by atoms with Crippen LogP contribution in [0.3, 0.4) is 0 Å². The van der Waals surface area contributed by atoms with Crippen LogP contribution in [-0.4, -0.2) is 31.2 Å². The number of morpholine rings is 1. The van der Waals surface area contributed by atoms with Gasteiger partial charge in [-0.15, -0.1) is 0 Å². The summed E-state index contributed by atoms with van der Waals surface area (Å²) >= 11 is 0. The molecule has 1 aliphatic rings. The zero-order valence-corrected chi connectivity index (χ0v) is 13.1. The largest absolute Gasteiger partial charge is 0.379 e. The number of benzene rings is 2. The molecule has 2 aromatic rings. The fraction of sp³-hybridized carbons (Fsp3) is 0.300. The molecule has 0 N–H and O–H groups in total. The predicted molar refractivity (Wildman–Crippen MR) is 91.8 cm³/mol. The summed E-state index contributed by atoms with van der Waals surface area (Å²) in [5.74, 6) is 0. The molecule has 1 saturated heterocycles. The lowest BCUT2D eigenvalue weighted by Gasteiger charge is -2.33. The Labute approximate surface area is 133 Å². The molecule has 0 spiro atoms. The van der Waals surface area contributed by atoms with Gasteiger partial charge >= 0.3 is 0 Å². The van der Waals surface area contributed by atoms with Gasteiger partial charge in [0, 0.05) is 13.1 Å². The minimum Gasteiger partial charge on any atom is -0.379 e. The number of rotatable bonds is 4. The fourth-order valence-corrected chi connectivity index (χ4v) is 2.83. The van der Waals surface area contributed by atoms with Crippen molar-refractivity contribution in [3.05, 3.63) is 77.4 Å². The second-order valence-electron chi connectivity index (χ2n) is 5.77. The highest BCUT2D eigenvalue weighted by atomic mass is 16.5. The Bertz CT molecular complexity index is 597. The average Bonchev–Trinajstić information content (AvgIpc) is 2.59. The Kier molecular flexibility index (Phi) is 5.04. The quantitative estimate of drug-likeness (QED) is 0.842. The van der Waals surface area contributed by atoms with E-state index >= 15 is 0 Å². The van der Waals surface area contributed by atoms with E-state index in [1.54, 1.807) is 0 Å². The highest BCUT2D eigenvalue weighted by molar-refractivity contribution is 5.51. The average molecular weight is 293 g/mol. The fourth-order valence-electron chi connectivity index (χ4n) is 2.83. The van der Waals surface area contributed by atoms with Gasteiger partial charge in [-0.2, -0.15) is 0 Å². The van der Waals surface area contributed by atoms with Crippen molar-refractivity contribution < 1.29 is 4.74 Å². The van der Waals surface area contributed by atoms with E-state index in [9.17, 15) is 0 Å². The molecule has 1 aliphatic heterocycles. The van der Waals surface area contributed by atoms with Crippen LogP contribution in [0.25, 0.3) is 6.08 Å². The van der Waals surface area contributed by atoms with Crippen molar-refractivity contribution in [1.82, 2.24) is 4.90 Å². The van der Waals surface area contributed by atoms with Crippen LogP contribution in [0, 0.1) is 6.92 Å². The summed E-state index contributed by atoms with van der Waals surface area (Å²) in [5.41, 5.74) is 3.89. The van der Waals surface area contributed by atoms with Gasteiger partial charge in [0.05, 0.1) is 19.3 Å². The minimum absolute atomic E-state index is 0.311. The van der Waals surface area contributed by atoms with Crippen molar-refractivity contribution in [2.45, 2.75) is 13.0 Å². The molecule has 0 bridgehead atoms. The maximum atomic E-state index is 5.50. The van der Waals surface area contributed by atoms with Crippen molar-refractivity contribution >= 4 is 6.08 Å². The van der Waals surface area contributed by atoms with Crippen molar-refractivity contribution in [2.75, 3.05) is 26.3 Å². The molecule has 1 unspecified atom stereocenters. The number of nitrogens with zero attached hydrogens (tertiary/aromatic N) is 1. The molecule has 0 saturated carbocycles. The molecule has 114 valence electrons. The molecular weight excluding hydrogens is 270 g/mol. The molecule has 2 nitrogen and oxygen atoms in total. The molecule has 1 fully saturated rings. The molecule has 2 aromatic carbocycles. The highest BCUT2D eigenvalue weighted by Crippen LogP contribution is 2.24. The monoisotopic (exact) mass is 293 g/mol. The first-order valence-corrected chi connectivity index (χ1v) is 7.94. The Morgan fingerprint density at radius 1 is 0.955 bits per heavy atom. The summed E-state index contributed by atoms with van der Waals surface area (Å²) < 4.78 is 5.50. The Morgan fingerprint density at radius 3 is 2.32 bits per heavy atom. The maximum Gasteiger partial charge on any atom is 0.0594 e. The lowest BCUT2D eigenvalue weighted by atomic mass is 10.0. The number of ether oxygens (including phenoxy) is 1. The van der Waals surface area contributed by atoms with Crippen molar-refractivity contribution in [3.8, 4) is 0 Å². The molecule has 1 heterocycles. The number of hydrogen-bond acceptors (Lipinski definition) is 2. The van der Waals surface area contributed by atoms with Crippen molar-refractivity contribution in [1.29, 1.82) is 0 Å². The normalized spacial score (nSPS) is 17.7. The van der Waals surface area contributed by atoms with Crippen LogP contribution in [0.1, 0.15) is 22.7 Å². The summed E-state index contributed by atoms with van der Waals surface area (Å²) in [4.78, 5) is 2.49. The van der Waals surface area contributed by atoms with Crippen LogP contribution < -0.4 is 0 Å². The van der Waals surface area contributed by atoms with E-state index in [1.165, 1.54) is 16.7 Å². The molecule has 0 radical (unpaired) electrons. The van der Waals surface area contributed by atoms with Gasteiger partial charge in [-0.25, -0.2) is 0 Å². The first kappa shape index (κ1) is 15.0. The highest BCUT2D eigenvalue weighted by Gasteiger charge is 2.19. The Balaban J connectivity index is 1.83. The molecule has 0 aromatic heterocycles. The first-order chi connectivity index (χ1) is 10.8. The molecule has 1 atom stereocenters. The van der Waals surface area contributed by atoms with Gasteiger partial charge in [-0.05, 0) is 18.1 Å². The van der Waals surface area contributed by atoms with Gasteiger partial charge in [0.25, 0.3) is 0 Å². The van der Waals surface area contributed by atoms with Crippen LogP contribution in [0.2, 0.25) is 0 Å². The van der Waals surface area contributed by atoms with E-state index < -0.39 is 0 Å². The van der Waals surface area contributed by atoms with Crippen LogP contribution in [0.15, 0.2) is 60.7 Å². The second-order valence-corrected chi connectivity index (χ2v) is 5.77. The lowest BCUT2D eigenvalue weighted by Crippen LogP contribution is -2.38. The molecule has 0 amide bonds. The third-order valence-corrected chi connectivity index (χ3v) is 4.13. The molecule has 0 aliphatic carbocycles. The van der Waals surface area contributed by atoms with E-state index in [1.807, 2.05) is 0 Å². The zero-order chi connectivity index (χ0) is 15.2. The zero-order valence-electron chi connectivity index (χ0n) is 13.1. The second kappa shape index (κ2) is 7.39. The van der Waals surface area contributed by atoms with Gasteiger partial charge in [0.15, 0.2) is 0 Å². The first-order valence-electron chi connectivity index (χ1n) is 7.94. The smallest absolute Gasteiger partial charge is 0.0594 e. The third-order valence-electron chi connectivity index (χ3n) is 4.13. The summed E-state index contributed by atoms with van der Waals surface area (Å²) in [6.45, 7) is 5.73. The van der Waals surface area contributed by atoms with Gasteiger partial charge in [0.1, 0.15) is 0 Å².